The summed E-state index contributed by atoms with van der Waals surface area (Å²) in [5.74, 6) is 0.926. The lowest BCUT2D eigenvalue weighted by atomic mass is 10.2. The Hall–Kier alpha value is -2.36. The number of hydrogen-bond donors (Lipinski definition) is 1. The molecule has 1 saturated heterocycles. The highest BCUT2D eigenvalue weighted by Gasteiger charge is 2.24. The molecule has 1 aromatic heterocycles. The number of likely N-dealkylation sites (N-methyl/N-ethyl adjacent to an activating group) is 1. The van der Waals surface area contributed by atoms with E-state index >= 15 is 0 Å². The van der Waals surface area contributed by atoms with E-state index in [1.165, 1.54) is 6.07 Å². The summed E-state index contributed by atoms with van der Waals surface area (Å²) in [6.07, 6.45) is 2.82. The van der Waals surface area contributed by atoms with E-state index in [2.05, 4.69) is 33.6 Å². The second-order valence-electron chi connectivity index (χ2n) is 7.63. The van der Waals surface area contributed by atoms with E-state index in [9.17, 15) is 8.42 Å². The average molecular weight is 435 g/mol. The van der Waals surface area contributed by atoms with Crippen LogP contribution in [0.1, 0.15) is 12.0 Å². The Morgan fingerprint density at radius 2 is 2.03 bits per heavy atom. The molecular formula is C21H30N4O4S. The van der Waals surface area contributed by atoms with Gasteiger partial charge in [0.25, 0.3) is 10.0 Å². The monoisotopic (exact) mass is 434 g/mol. The summed E-state index contributed by atoms with van der Waals surface area (Å²) in [5.41, 5.74) is 1.73. The maximum atomic E-state index is 12.8. The molecular weight excluding hydrogens is 404 g/mol. The predicted molar refractivity (Wildman–Crippen MR) is 118 cm³/mol. The van der Waals surface area contributed by atoms with Crippen LogP contribution in [0.4, 0.5) is 11.5 Å². The van der Waals surface area contributed by atoms with Crippen molar-refractivity contribution in [2.24, 2.45) is 0 Å². The van der Waals surface area contributed by atoms with Gasteiger partial charge in [0.2, 0.25) is 0 Å². The quantitative estimate of drug-likeness (QED) is 0.607. The van der Waals surface area contributed by atoms with Gasteiger partial charge < -0.3 is 19.3 Å². The highest BCUT2D eigenvalue weighted by molar-refractivity contribution is 7.92. The number of rotatable bonds is 9. The fourth-order valence-electron chi connectivity index (χ4n) is 3.41. The third-order valence-corrected chi connectivity index (χ3v) is 6.60. The first-order valence-corrected chi connectivity index (χ1v) is 11.4. The molecule has 9 heteroatoms. The molecule has 164 valence electrons. The zero-order valence-electron chi connectivity index (χ0n) is 18.0. The Bertz CT molecular complexity index is 948. The fraction of sp³-hybridized carbons (Fsp3) is 0.476. The van der Waals surface area contributed by atoms with E-state index in [1.807, 2.05) is 13.0 Å². The van der Waals surface area contributed by atoms with Crippen molar-refractivity contribution in [1.29, 1.82) is 0 Å². The summed E-state index contributed by atoms with van der Waals surface area (Å²) in [4.78, 5) is 8.97. The number of sulfonamides is 1. The number of hydrogen-bond acceptors (Lipinski definition) is 7. The molecule has 2 heterocycles. The number of benzene rings is 1. The first-order chi connectivity index (χ1) is 14.3. The normalized spacial score (nSPS) is 16.8. The van der Waals surface area contributed by atoms with Crippen LogP contribution in [0.15, 0.2) is 41.4 Å². The summed E-state index contributed by atoms with van der Waals surface area (Å²) in [6, 6.07) is 8.89. The molecule has 2 aromatic rings. The van der Waals surface area contributed by atoms with Crippen molar-refractivity contribution in [2.45, 2.75) is 24.3 Å². The van der Waals surface area contributed by atoms with Crippen molar-refractivity contribution in [1.82, 2.24) is 9.88 Å². The van der Waals surface area contributed by atoms with Gasteiger partial charge in [0.1, 0.15) is 18.2 Å². The van der Waals surface area contributed by atoms with Gasteiger partial charge >= 0.3 is 0 Å². The van der Waals surface area contributed by atoms with Gasteiger partial charge in [0, 0.05) is 26.2 Å². The molecule has 8 nitrogen and oxygen atoms in total. The van der Waals surface area contributed by atoms with Crippen LogP contribution >= 0.6 is 0 Å². The third kappa shape index (κ3) is 5.41. The second kappa shape index (κ2) is 9.63. The van der Waals surface area contributed by atoms with Gasteiger partial charge in [-0.3, -0.25) is 4.72 Å². The van der Waals surface area contributed by atoms with Gasteiger partial charge in [-0.15, -0.1) is 0 Å². The number of nitrogens with one attached hydrogen (secondary N) is 1. The van der Waals surface area contributed by atoms with E-state index in [4.69, 9.17) is 9.47 Å². The minimum atomic E-state index is -3.74. The summed E-state index contributed by atoms with van der Waals surface area (Å²) >= 11 is 0. The number of aryl methyl sites for hydroxylation is 1. The smallest absolute Gasteiger partial charge is 0.263 e. The van der Waals surface area contributed by atoms with E-state index in [-0.39, 0.29) is 4.90 Å². The molecule has 0 saturated carbocycles. The fourth-order valence-corrected chi connectivity index (χ4v) is 4.51. The number of pyridine rings is 1. The van der Waals surface area contributed by atoms with Gasteiger partial charge in [-0.2, -0.15) is 0 Å². The number of aromatic nitrogens is 1. The van der Waals surface area contributed by atoms with Gasteiger partial charge in [0.15, 0.2) is 0 Å². The van der Waals surface area contributed by atoms with Crippen LogP contribution in [0.2, 0.25) is 0 Å². The Labute approximate surface area is 178 Å². The molecule has 1 aromatic carbocycles. The molecule has 1 unspecified atom stereocenters. The minimum absolute atomic E-state index is 0.165. The third-order valence-electron chi connectivity index (χ3n) is 5.25. The van der Waals surface area contributed by atoms with Crippen LogP contribution < -0.4 is 14.4 Å². The van der Waals surface area contributed by atoms with Gasteiger partial charge in [-0.25, -0.2) is 13.4 Å². The summed E-state index contributed by atoms with van der Waals surface area (Å²) < 4.78 is 38.6. The Balaban J connectivity index is 1.66. The Morgan fingerprint density at radius 3 is 2.63 bits per heavy atom. The van der Waals surface area contributed by atoms with Crippen molar-refractivity contribution >= 4 is 21.5 Å². The maximum absolute atomic E-state index is 12.8. The molecule has 0 bridgehead atoms. The topological polar surface area (TPSA) is 84.0 Å². The van der Waals surface area contributed by atoms with Crippen molar-refractivity contribution in [3.63, 3.8) is 0 Å². The van der Waals surface area contributed by atoms with Crippen molar-refractivity contribution in [3.05, 3.63) is 42.1 Å². The van der Waals surface area contributed by atoms with Gasteiger partial charge in [-0.05, 0) is 63.3 Å². The Kier molecular flexibility index (Phi) is 7.17. The number of anilines is 2. The van der Waals surface area contributed by atoms with Crippen molar-refractivity contribution in [3.8, 4) is 5.75 Å². The first-order valence-electron chi connectivity index (χ1n) is 9.93. The van der Waals surface area contributed by atoms with Crippen LogP contribution in [0.25, 0.3) is 0 Å². The zero-order chi connectivity index (χ0) is 21.7. The molecule has 1 N–H and O–H groups in total. The summed E-state index contributed by atoms with van der Waals surface area (Å²) in [5, 5.41) is 0. The number of nitrogens with zero attached hydrogens (tertiary/aromatic N) is 3. The van der Waals surface area contributed by atoms with Gasteiger partial charge in [0.05, 0.1) is 23.4 Å². The van der Waals surface area contributed by atoms with Gasteiger partial charge in [-0.1, -0.05) is 0 Å². The largest absolute Gasteiger partial charge is 0.491 e. The lowest BCUT2D eigenvalue weighted by molar-refractivity contribution is 0.146. The van der Waals surface area contributed by atoms with Crippen molar-refractivity contribution in [2.75, 3.05) is 57.1 Å². The molecule has 0 radical (unpaired) electrons. The standard InChI is InChI=1S/C21H30N4O4S/c1-16-13-19(6-7-20(16)29-12-11-28-4)30(26,27)23-21-8-5-17(14-22-21)25-10-9-18(15-25)24(2)3/h5-8,13-14,18H,9-12,15H2,1-4H3,(H,22,23). The number of methoxy groups -OCH3 is 1. The van der Waals surface area contributed by atoms with E-state index in [1.54, 1.807) is 31.5 Å². The summed E-state index contributed by atoms with van der Waals surface area (Å²) in [6.45, 7) is 4.59. The van der Waals surface area contributed by atoms with Crippen LogP contribution in [-0.4, -0.2) is 71.9 Å². The second-order valence-corrected chi connectivity index (χ2v) is 9.31. The van der Waals surface area contributed by atoms with E-state index in [0.29, 0.717) is 30.8 Å². The number of ether oxygens (including phenoxy) is 2. The van der Waals surface area contributed by atoms with Crippen LogP contribution in [0, 0.1) is 6.92 Å². The minimum Gasteiger partial charge on any atom is -0.491 e. The maximum Gasteiger partial charge on any atom is 0.263 e. The van der Waals surface area contributed by atoms with Crippen molar-refractivity contribution < 1.29 is 17.9 Å². The predicted octanol–water partition coefficient (Wildman–Crippen LogP) is 2.36. The molecule has 0 amide bonds. The first kappa shape index (κ1) is 22.3. The average Bonchev–Trinajstić information content (AvgIpc) is 3.20. The molecule has 30 heavy (non-hydrogen) atoms. The van der Waals surface area contributed by atoms with Crippen LogP contribution in [0.5, 0.6) is 5.75 Å². The van der Waals surface area contributed by atoms with E-state index < -0.39 is 10.0 Å². The van der Waals surface area contributed by atoms with E-state index in [0.717, 1.165) is 30.8 Å². The molecule has 1 atom stereocenters. The van der Waals surface area contributed by atoms with Crippen LogP contribution in [0.3, 0.4) is 0 Å². The molecule has 3 rings (SSSR count). The lowest BCUT2D eigenvalue weighted by Gasteiger charge is -2.21. The highest BCUT2D eigenvalue weighted by atomic mass is 32.2. The molecule has 1 fully saturated rings. The molecule has 1 aliphatic rings. The molecule has 0 aliphatic carbocycles. The summed E-state index contributed by atoms with van der Waals surface area (Å²) in [7, 11) is 2.03. The molecule has 0 spiro atoms. The molecule has 1 aliphatic heterocycles. The lowest BCUT2D eigenvalue weighted by Crippen LogP contribution is -2.31. The zero-order valence-corrected chi connectivity index (χ0v) is 18.8. The van der Waals surface area contributed by atoms with Crippen LogP contribution in [-0.2, 0) is 14.8 Å². The highest BCUT2D eigenvalue weighted by Crippen LogP contribution is 2.25. The Morgan fingerprint density at radius 1 is 1.23 bits per heavy atom. The SMILES string of the molecule is COCCOc1ccc(S(=O)(=O)Nc2ccc(N3CCC(N(C)C)C3)cn2)cc1C.